The molecule has 18 heavy (non-hydrogen) atoms. The van der Waals surface area contributed by atoms with Crippen LogP contribution in [0.15, 0.2) is 10.5 Å². The Morgan fingerprint density at radius 1 is 1.72 bits per heavy atom. The van der Waals surface area contributed by atoms with Crippen LogP contribution in [0.2, 0.25) is 0 Å². The molecule has 1 aromatic heterocycles. The zero-order chi connectivity index (χ0) is 13.8. The number of hydrogen-bond donors (Lipinski definition) is 4. The first-order chi connectivity index (χ1) is 8.33. The molecule has 0 atom stereocenters. The summed E-state index contributed by atoms with van der Waals surface area (Å²) >= 11 is 1.10. The van der Waals surface area contributed by atoms with Crippen LogP contribution in [-0.2, 0) is 14.2 Å². The molecule has 1 rings (SSSR count). The van der Waals surface area contributed by atoms with Gasteiger partial charge in [0, 0.05) is 5.38 Å². The highest BCUT2D eigenvalue weighted by Gasteiger charge is 2.21. The molecule has 0 saturated heterocycles. The van der Waals surface area contributed by atoms with Gasteiger partial charge in [0.1, 0.15) is 19.1 Å². The molecule has 0 aliphatic carbocycles. The van der Waals surface area contributed by atoms with Gasteiger partial charge < -0.3 is 25.7 Å². The predicted octanol–water partition coefficient (Wildman–Crippen LogP) is -0.673. The highest BCUT2D eigenvalue weighted by molar-refractivity contribution is 7.51. The zero-order valence-corrected chi connectivity index (χ0v) is 10.9. The smallest absolute Gasteiger partial charge is 0.344 e. The van der Waals surface area contributed by atoms with Crippen molar-refractivity contribution in [3.63, 3.8) is 0 Å². The predicted molar refractivity (Wildman–Crippen MR) is 65.1 cm³/mol. The molecule has 11 heteroatoms. The molecule has 0 spiro atoms. The lowest BCUT2D eigenvalue weighted by atomic mass is 10.3. The molecule has 100 valence electrons. The van der Waals surface area contributed by atoms with Crippen molar-refractivity contribution in [1.82, 2.24) is 10.3 Å². The minimum atomic E-state index is -4.33. The molecule has 9 nitrogen and oxygen atoms in total. The Labute approximate surface area is 106 Å². The van der Waals surface area contributed by atoms with E-state index in [2.05, 4.69) is 15.0 Å². The highest BCUT2D eigenvalue weighted by atomic mass is 32.1. The van der Waals surface area contributed by atoms with Crippen LogP contribution in [0.5, 0.6) is 0 Å². The first-order valence-electron chi connectivity index (χ1n) is 4.49. The molecule has 0 bridgehead atoms. The molecule has 0 radical (unpaired) electrons. The summed E-state index contributed by atoms with van der Waals surface area (Å²) in [6, 6.07) is 0. The summed E-state index contributed by atoms with van der Waals surface area (Å²) in [5, 5.41) is 7.18. The van der Waals surface area contributed by atoms with Crippen molar-refractivity contribution in [2.45, 2.75) is 0 Å². The molecule has 1 amide bonds. The SMILES string of the molecule is CO/N=C(\C(=O)NCP(=O)(O)O)c1csc(N)n1. The Morgan fingerprint density at radius 3 is 2.83 bits per heavy atom. The van der Waals surface area contributed by atoms with Crippen molar-refractivity contribution in [3.8, 4) is 0 Å². The van der Waals surface area contributed by atoms with Crippen molar-refractivity contribution in [1.29, 1.82) is 0 Å². The molecule has 0 saturated carbocycles. The molecule has 0 aliphatic rings. The number of thiazole rings is 1. The lowest BCUT2D eigenvalue weighted by molar-refractivity contribution is -0.114. The summed E-state index contributed by atoms with van der Waals surface area (Å²) in [6.07, 6.45) is -0.797. The van der Waals surface area contributed by atoms with Crippen LogP contribution < -0.4 is 11.1 Å². The summed E-state index contributed by atoms with van der Waals surface area (Å²) in [5.41, 5.74) is 5.37. The molecular formula is C7H11N4O5PS. The van der Waals surface area contributed by atoms with E-state index in [4.69, 9.17) is 15.5 Å². The van der Waals surface area contributed by atoms with Gasteiger partial charge in [-0.1, -0.05) is 5.16 Å². The van der Waals surface area contributed by atoms with Crippen LogP contribution in [0.25, 0.3) is 0 Å². The molecule has 0 unspecified atom stereocenters. The number of oxime groups is 1. The number of nitrogens with two attached hydrogens (primary N) is 1. The van der Waals surface area contributed by atoms with E-state index in [1.54, 1.807) is 0 Å². The fraction of sp³-hybridized carbons (Fsp3) is 0.286. The average Bonchev–Trinajstić information content (AvgIpc) is 2.68. The molecule has 1 aromatic rings. The number of carbonyl (C=O) groups is 1. The third kappa shape index (κ3) is 4.41. The van der Waals surface area contributed by atoms with Crippen molar-refractivity contribution in [2.24, 2.45) is 5.16 Å². The van der Waals surface area contributed by atoms with Gasteiger partial charge in [-0.25, -0.2) is 4.98 Å². The monoisotopic (exact) mass is 294 g/mol. The molecule has 0 aliphatic heterocycles. The molecule has 0 aromatic carbocycles. The van der Waals surface area contributed by atoms with Gasteiger partial charge in [-0.05, 0) is 0 Å². The third-order valence-electron chi connectivity index (χ3n) is 1.61. The average molecular weight is 294 g/mol. The van der Waals surface area contributed by atoms with Gasteiger partial charge >= 0.3 is 7.60 Å². The van der Waals surface area contributed by atoms with E-state index in [1.807, 2.05) is 5.32 Å². The van der Waals surface area contributed by atoms with Crippen LogP contribution in [0.3, 0.4) is 0 Å². The number of anilines is 1. The Bertz CT molecular complexity index is 510. The van der Waals surface area contributed by atoms with E-state index in [9.17, 15) is 9.36 Å². The number of nitrogens with zero attached hydrogens (tertiary/aromatic N) is 2. The molecular weight excluding hydrogens is 283 g/mol. The first-order valence-corrected chi connectivity index (χ1v) is 7.16. The minimum Gasteiger partial charge on any atom is -0.398 e. The lowest BCUT2D eigenvalue weighted by Crippen LogP contribution is -2.32. The van der Waals surface area contributed by atoms with Gasteiger partial charge in [-0.15, -0.1) is 11.3 Å². The van der Waals surface area contributed by atoms with Crippen LogP contribution in [0.1, 0.15) is 5.69 Å². The van der Waals surface area contributed by atoms with E-state index >= 15 is 0 Å². The third-order valence-corrected chi connectivity index (χ3v) is 2.85. The number of rotatable bonds is 5. The molecule has 1 heterocycles. The standard InChI is InChI=1S/C7H11N4O5PS/c1-16-11-5(4-2-18-7(8)10-4)6(12)9-3-17(13,14)15/h2H,3H2,1H3,(H2,8,10)(H,9,12)(H2,13,14,15)/b11-5-. The van der Waals surface area contributed by atoms with Crippen LogP contribution in [-0.4, -0.2) is 39.8 Å². The van der Waals surface area contributed by atoms with Gasteiger partial charge in [-0.2, -0.15) is 0 Å². The Balaban J connectivity index is 2.84. The summed E-state index contributed by atoms with van der Waals surface area (Å²) in [5.74, 6) is -0.814. The topological polar surface area (TPSA) is 147 Å². The first kappa shape index (κ1) is 14.6. The van der Waals surface area contributed by atoms with Gasteiger partial charge in [0.05, 0.1) is 0 Å². The number of hydrogen-bond acceptors (Lipinski definition) is 7. The number of carbonyl (C=O) groups excluding carboxylic acids is 1. The number of nitrogen functional groups attached to an aromatic ring is 1. The highest BCUT2D eigenvalue weighted by Crippen LogP contribution is 2.31. The normalized spacial score (nSPS) is 12.3. The van der Waals surface area contributed by atoms with E-state index < -0.39 is 19.8 Å². The quantitative estimate of drug-likeness (QED) is 0.320. The van der Waals surface area contributed by atoms with Crippen LogP contribution in [0, 0.1) is 0 Å². The zero-order valence-electron chi connectivity index (χ0n) is 9.23. The fourth-order valence-electron chi connectivity index (χ4n) is 0.951. The second kappa shape index (κ2) is 5.91. The Kier molecular flexibility index (Phi) is 4.79. The van der Waals surface area contributed by atoms with Crippen molar-refractivity contribution < 1.29 is 24.0 Å². The van der Waals surface area contributed by atoms with E-state index in [-0.39, 0.29) is 16.5 Å². The molecule has 0 fully saturated rings. The summed E-state index contributed by atoms with van der Waals surface area (Å²) in [6.45, 7) is 0. The Morgan fingerprint density at radius 2 is 2.39 bits per heavy atom. The maximum atomic E-state index is 11.6. The second-order valence-corrected chi connectivity index (χ2v) is 5.56. The van der Waals surface area contributed by atoms with Crippen LogP contribution >= 0.6 is 18.9 Å². The van der Waals surface area contributed by atoms with E-state index in [0.29, 0.717) is 0 Å². The minimum absolute atomic E-state index is 0.169. The second-order valence-electron chi connectivity index (χ2n) is 3.02. The summed E-state index contributed by atoms with van der Waals surface area (Å²) in [7, 11) is -3.11. The summed E-state index contributed by atoms with van der Waals surface area (Å²) in [4.78, 5) is 37.2. The number of aromatic nitrogens is 1. The maximum Gasteiger partial charge on any atom is 0.344 e. The van der Waals surface area contributed by atoms with E-state index in [1.165, 1.54) is 12.5 Å². The van der Waals surface area contributed by atoms with Gasteiger partial charge in [0.15, 0.2) is 10.8 Å². The molecule has 5 N–H and O–H groups in total. The fourth-order valence-corrected chi connectivity index (χ4v) is 1.85. The lowest BCUT2D eigenvalue weighted by Gasteiger charge is -2.06. The van der Waals surface area contributed by atoms with Crippen molar-refractivity contribution in [2.75, 3.05) is 19.1 Å². The van der Waals surface area contributed by atoms with Gasteiger partial charge in [0.2, 0.25) is 0 Å². The number of amides is 1. The maximum absolute atomic E-state index is 11.6. The Hall–Kier alpha value is -1.48. The van der Waals surface area contributed by atoms with Gasteiger partial charge in [0.25, 0.3) is 5.91 Å². The summed E-state index contributed by atoms with van der Waals surface area (Å²) < 4.78 is 10.6. The van der Waals surface area contributed by atoms with Crippen LogP contribution in [0.4, 0.5) is 5.13 Å². The van der Waals surface area contributed by atoms with Crippen molar-refractivity contribution in [3.05, 3.63) is 11.1 Å². The van der Waals surface area contributed by atoms with Gasteiger partial charge in [-0.3, -0.25) is 9.36 Å². The largest absolute Gasteiger partial charge is 0.398 e. The van der Waals surface area contributed by atoms with E-state index in [0.717, 1.165) is 11.3 Å². The van der Waals surface area contributed by atoms with Crippen molar-refractivity contribution >= 4 is 35.7 Å². The number of nitrogens with one attached hydrogen (secondary N) is 1.